The molecule has 0 unspecified atom stereocenters. The molecule has 0 bridgehead atoms. The van der Waals surface area contributed by atoms with Gasteiger partial charge in [0.05, 0.1) is 0 Å². The number of aromatic nitrogens is 3. The Balaban J connectivity index is 2.11. The number of hydrogen-bond donors (Lipinski definition) is 2. The van der Waals surface area contributed by atoms with Crippen molar-refractivity contribution in [1.29, 1.82) is 0 Å². The largest absolute Gasteiger partial charge is 0.349 e. The highest BCUT2D eigenvalue weighted by Gasteiger charge is 2.00. The predicted octanol–water partition coefficient (Wildman–Crippen LogP) is 0.965. The van der Waals surface area contributed by atoms with Crippen molar-refractivity contribution in [2.45, 2.75) is 6.92 Å². The zero-order chi connectivity index (χ0) is 11.4. The highest BCUT2D eigenvalue weighted by Crippen LogP contribution is 2.06. The number of aryl methyl sites for hydroxylation is 1. The van der Waals surface area contributed by atoms with Gasteiger partial charge in [-0.2, -0.15) is 4.98 Å². The van der Waals surface area contributed by atoms with Crippen LogP contribution in [0.5, 0.6) is 0 Å². The Kier molecular flexibility index (Phi) is 3.16. The molecule has 0 aliphatic carbocycles. The van der Waals surface area contributed by atoms with E-state index < -0.39 is 0 Å². The van der Waals surface area contributed by atoms with Crippen molar-refractivity contribution in [2.75, 3.05) is 18.4 Å². The third-order valence-electron chi connectivity index (χ3n) is 2.16. The van der Waals surface area contributed by atoms with Gasteiger partial charge in [-0.05, 0) is 18.6 Å². The average Bonchev–Trinajstić information content (AvgIpc) is 2.66. The summed E-state index contributed by atoms with van der Waals surface area (Å²) in [5.74, 6) is 0.632. The minimum atomic E-state index is 0.555. The fraction of sp³-hybridized carbons (Fsp3) is 0.273. The van der Waals surface area contributed by atoms with Crippen molar-refractivity contribution in [3.63, 3.8) is 0 Å². The molecule has 84 valence electrons. The van der Waals surface area contributed by atoms with Crippen LogP contribution in [0.25, 0.3) is 5.65 Å². The minimum absolute atomic E-state index is 0.555. The van der Waals surface area contributed by atoms with E-state index in [1.807, 2.05) is 37.4 Å². The highest BCUT2D eigenvalue weighted by atomic mass is 15.3. The van der Waals surface area contributed by atoms with Crippen LogP contribution in [0.3, 0.4) is 0 Å². The monoisotopic (exact) mass is 217 g/mol. The molecular formula is C11H15N5. The van der Waals surface area contributed by atoms with Crippen LogP contribution in [0.4, 0.5) is 5.95 Å². The Morgan fingerprint density at radius 2 is 2.31 bits per heavy atom. The summed E-state index contributed by atoms with van der Waals surface area (Å²) >= 11 is 0. The van der Waals surface area contributed by atoms with E-state index in [1.165, 1.54) is 0 Å². The molecule has 16 heavy (non-hydrogen) atoms. The molecule has 0 amide bonds. The van der Waals surface area contributed by atoms with Gasteiger partial charge < -0.3 is 11.1 Å². The molecule has 0 radical (unpaired) electrons. The van der Waals surface area contributed by atoms with Crippen LogP contribution in [-0.4, -0.2) is 27.7 Å². The van der Waals surface area contributed by atoms with Gasteiger partial charge in [0.15, 0.2) is 5.65 Å². The molecule has 3 N–H and O–H groups in total. The van der Waals surface area contributed by atoms with Crippen molar-refractivity contribution in [3.05, 3.63) is 36.0 Å². The van der Waals surface area contributed by atoms with Gasteiger partial charge >= 0.3 is 0 Å². The van der Waals surface area contributed by atoms with Gasteiger partial charge in [0.2, 0.25) is 5.95 Å². The fourth-order valence-electron chi connectivity index (χ4n) is 1.39. The van der Waals surface area contributed by atoms with Gasteiger partial charge in [0.25, 0.3) is 0 Å². The quantitative estimate of drug-likeness (QED) is 0.749. The van der Waals surface area contributed by atoms with Gasteiger partial charge in [0.1, 0.15) is 0 Å². The Labute approximate surface area is 94.0 Å². The summed E-state index contributed by atoms with van der Waals surface area (Å²) in [6.07, 6.45) is 5.80. The summed E-state index contributed by atoms with van der Waals surface area (Å²) in [7, 11) is 0. The Hall–Kier alpha value is -1.88. The molecule has 2 rings (SSSR count). The molecule has 0 aromatic carbocycles. The van der Waals surface area contributed by atoms with Gasteiger partial charge in [-0.3, -0.25) is 0 Å². The number of nitrogens with one attached hydrogen (secondary N) is 1. The van der Waals surface area contributed by atoms with E-state index in [9.17, 15) is 0 Å². The second-order valence-corrected chi connectivity index (χ2v) is 3.53. The first kappa shape index (κ1) is 10.6. The zero-order valence-corrected chi connectivity index (χ0v) is 9.22. The maximum atomic E-state index is 5.34. The van der Waals surface area contributed by atoms with Crippen molar-refractivity contribution >= 4 is 11.6 Å². The molecule has 2 aromatic rings. The average molecular weight is 217 g/mol. The van der Waals surface area contributed by atoms with Crippen molar-refractivity contribution in [2.24, 2.45) is 5.73 Å². The third kappa shape index (κ3) is 2.38. The summed E-state index contributed by atoms with van der Waals surface area (Å²) in [6, 6.07) is 3.96. The van der Waals surface area contributed by atoms with Crippen LogP contribution in [0.1, 0.15) is 5.56 Å². The molecule has 5 nitrogen and oxygen atoms in total. The molecule has 0 saturated carbocycles. The van der Waals surface area contributed by atoms with Crippen LogP contribution in [0.2, 0.25) is 0 Å². The van der Waals surface area contributed by atoms with Crippen LogP contribution in [0, 0.1) is 6.92 Å². The Morgan fingerprint density at radius 3 is 3.12 bits per heavy atom. The number of anilines is 1. The van der Waals surface area contributed by atoms with Crippen molar-refractivity contribution in [1.82, 2.24) is 14.6 Å². The third-order valence-corrected chi connectivity index (χ3v) is 2.16. The summed E-state index contributed by atoms with van der Waals surface area (Å²) < 4.78 is 1.77. The summed E-state index contributed by atoms with van der Waals surface area (Å²) in [5, 5.41) is 7.40. The van der Waals surface area contributed by atoms with Crippen LogP contribution >= 0.6 is 0 Å². The molecule has 0 fully saturated rings. The summed E-state index contributed by atoms with van der Waals surface area (Å²) in [5.41, 5.74) is 7.34. The second kappa shape index (κ2) is 4.76. The van der Waals surface area contributed by atoms with E-state index in [2.05, 4.69) is 15.4 Å². The molecule has 5 heteroatoms. The maximum Gasteiger partial charge on any atom is 0.243 e. The minimum Gasteiger partial charge on any atom is -0.349 e. The first-order valence-corrected chi connectivity index (χ1v) is 5.21. The molecule has 0 spiro atoms. The second-order valence-electron chi connectivity index (χ2n) is 3.53. The number of fused-ring (bicyclic) bond motifs is 1. The van der Waals surface area contributed by atoms with Gasteiger partial charge in [-0.1, -0.05) is 18.2 Å². The molecule has 0 aliphatic heterocycles. The first-order valence-electron chi connectivity index (χ1n) is 5.21. The Morgan fingerprint density at radius 1 is 1.44 bits per heavy atom. The SMILES string of the molecule is Cc1ccc2nc(NC/C=C/CN)nn2c1. The van der Waals surface area contributed by atoms with E-state index in [4.69, 9.17) is 5.73 Å². The lowest BCUT2D eigenvalue weighted by molar-refractivity contribution is 0.950. The topological polar surface area (TPSA) is 68.2 Å². The lowest BCUT2D eigenvalue weighted by Gasteiger charge is -1.93. The molecule has 0 atom stereocenters. The van der Waals surface area contributed by atoms with Crippen molar-refractivity contribution < 1.29 is 0 Å². The normalized spacial score (nSPS) is 11.4. The number of hydrogen-bond acceptors (Lipinski definition) is 4. The Bertz CT molecular complexity index is 500. The number of nitrogens with zero attached hydrogens (tertiary/aromatic N) is 3. The molecular weight excluding hydrogens is 202 g/mol. The first-order chi connectivity index (χ1) is 7.79. The molecule has 2 heterocycles. The van der Waals surface area contributed by atoms with Gasteiger partial charge in [-0.25, -0.2) is 4.52 Å². The lowest BCUT2D eigenvalue weighted by atomic mass is 10.3. The zero-order valence-electron chi connectivity index (χ0n) is 9.22. The van der Waals surface area contributed by atoms with Crippen LogP contribution in [-0.2, 0) is 0 Å². The van der Waals surface area contributed by atoms with Crippen LogP contribution in [0.15, 0.2) is 30.5 Å². The highest BCUT2D eigenvalue weighted by molar-refractivity contribution is 5.44. The standard InChI is InChI=1S/C11H15N5/c1-9-4-5-10-14-11(15-16(10)8-9)13-7-3-2-6-12/h2-5,8H,6-7,12H2,1H3,(H,13,15)/b3-2+. The predicted molar refractivity (Wildman–Crippen MR) is 64.4 cm³/mol. The number of nitrogens with two attached hydrogens (primary N) is 1. The van der Waals surface area contributed by atoms with E-state index in [0.29, 0.717) is 19.0 Å². The van der Waals surface area contributed by atoms with E-state index in [0.717, 1.165) is 11.2 Å². The van der Waals surface area contributed by atoms with E-state index in [-0.39, 0.29) is 0 Å². The summed E-state index contributed by atoms with van der Waals surface area (Å²) in [4.78, 5) is 4.33. The fourth-order valence-corrected chi connectivity index (χ4v) is 1.39. The molecule has 0 aliphatic rings. The lowest BCUT2D eigenvalue weighted by Crippen LogP contribution is -2.01. The molecule has 2 aromatic heterocycles. The number of pyridine rings is 1. The molecule has 0 saturated heterocycles. The van der Waals surface area contributed by atoms with E-state index >= 15 is 0 Å². The van der Waals surface area contributed by atoms with Crippen LogP contribution < -0.4 is 11.1 Å². The van der Waals surface area contributed by atoms with E-state index in [1.54, 1.807) is 4.52 Å². The number of rotatable bonds is 4. The maximum absolute atomic E-state index is 5.34. The van der Waals surface area contributed by atoms with Gasteiger partial charge in [-0.15, -0.1) is 5.10 Å². The summed E-state index contributed by atoms with van der Waals surface area (Å²) in [6.45, 7) is 3.27. The van der Waals surface area contributed by atoms with Crippen molar-refractivity contribution in [3.8, 4) is 0 Å². The van der Waals surface area contributed by atoms with Gasteiger partial charge in [0, 0.05) is 19.3 Å². The smallest absolute Gasteiger partial charge is 0.243 e.